The maximum atomic E-state index is 12.2. The van der Waals surface area contributed by atoms with Crippen LogP contribution in [-0.4, -0.2) is 15.9 Å². The lowest BCUT2D eigenvalue weighted by molar-refractivity contribution is 0.0935. The monoisotopic (exact) mass is 311 g/mol. The number of nitrogens with one attached hydrogen (secondary N) is 2. The van der Waals surface area contributed by atoms with E-state index in [4.69, 9.17) is 17.4 Å². The van der Waals surface area contributed by atoms with E-state index >= 15 is 0 Å². The van der Waals surface area contributed by atoms with E-state index in [1.807, 2.05) is 12.3 Å². The number of aromatic nitrogens is 2. The van der Waals surface area contributed by atoms with E-state index < -0.39 is 0 Å². The van der Waals surface area contributed by atoms with Crippen molar-refractivity contribution in [3.8, 4) is 0 Å². The lowest BCUT2D eigenvalue weighted by Crippen LogP contribution is -2.28. The number of anilines is 1. The summed E-state index contributed by atoms with van der Waals surface area (Å²) in [5.74, 6) is 5.38. The minimum absolute atomic E-state index is 0.122. The summed E-state index contributed by atoms with van der Waals surface area (Å²) >= 11 is 7.35. The van der Waals surface area contributed by atoms with Crippen LogP contribution in [0.25, 0.3) is 0 Å². The van der Waals surface area contributed by atoms with E-state index in [0.717, 1.165) is 11.4 Å². The van der Waals surface area contributed by atoms with Crippen molar-refractivity contribution < 1.29 is 4.79 Å². The van der Waals surface area contributed by atoms with Gasteiger partial charge in [0, 0.05) is 17.1 Å². The summed E-state index contributed by atoms with van der Waals surface area (Å²) in [4.78, 5) is 20.4. The van der Waals surface area contributed by atoms with Gasteiger partial charge < -0.3 is 10.7 Å². The van der Waals surface area contributed by atoms with E-state index in [1.54, 1.807) is 6.20 Å². The smallest absolute Gasteiger partial charge is 0.252 e. The van der Waals surface area contributed by atoms with Crippen molar-refractivity contribution in [1.29, 1.82) is 0 Å². The first-order chi connectivity index (χ1) is 9.63. The molecule has 0 spiro atoms. The molecule has 4 N–H and O–H groups in total. The Labute approximate surface area is 125 Å². The molecule has 2 aromatic rings. The summed E-state index contributed by atoms with van der Waals surface area (Å²) in [6, 6.07) is 2.91. The fraction of sp³-hybridized carbons (Fsp3) is 0.250. The number of hydrazine groups is 1. The van der Waals surface area contributed by atoms with Gasteiger partial charge in [-0.05, 0) is 18.6 Å². The van der Waals surface area contributed by atoms with Crippen LogP contribution in [0.1, 0.15) is 34.8 Å². The molecule has 0 aliphatic rings. The number of nitrogens with zero attached hydrogens (tertiary/aromatic N) is 2. The molecule has 0 saturated carbocycles. The summed E-state index contributed by atoms with van der Waals surface area (Å²) in [5.41, 5.74) is 2.77. The maximum Gasteiger partial charge on any atom is 0.252 e. The first kappa shape index (κ1) is 14.7. The third-order valence-corrected chi connectivity index (χ3v) is 3.75. The number of hydrogen-bond acceptors (Lipinski definition) is 6. The molecule has 8 heteroatoms. The molecule has 0 radical (unpaired) electrons. The first-order valence-corrected chi connectivity index (χ1v) is 7.24. The summed E-state index contributed by atoms with van der Waals surface area (Å²) in [7, 11) is 0. The van der Waals surface area contributed by atoms with Crippen molar-refractivity contribution in [3.05, 3.63) is 39.4 Å². The van der Waals surface area contributed by atoms with Crippen LogP contribution in [0, 0.1) is 0 Å². The minimum Gasteiger partial charge on any atom is -0.343 e. The van der Waals surface area contributed by atoms with E-state index in [2.05, 4.69) is 20.7 Å². The summed E-state index contributed by atoms with van der Waals surface area (Å²) in [5, 5.41) is 5.87. The molecule has 0 aliphatic carbocycles. The molecule has 1 unspecified atom stereocenters. The van der Waals surface area contributed by atoms with Gasteiger partial charge in [-0.25, -0.2) is 15.8 Å². The van der Waals surface area contributed by atoms with Crippen molar-refractivity contribution in [1.82, 2.24) is 15.3 Å². The topological polar surface area (TPSA) is 92.9 Å². The third-order valence-electron chi connectivity index (χ3n) is 2.67. The Morgan fingerprint density at radius 3 is 2.95 bits per heavy atom. The van der Waals surface area contributed by atoms with Crippen molar-refractivity contribution in [3.63, 3.8) is 0 Å². The number of carbonyl (C=O) groups is 1. The van der Waals surface area contributed by atoms with Gasteiger partial charge in [0.25, 0.3) is 5.91 Å². The number of halogens is 1. The maximum absolute atomic E-state index is 12.2. The molecule has 0 saturated heterocycles. The number of nitrogen functional groups attached to an aromatic ring is 1. The lowest BCUT2D eigenvalue weighted by Gasteiger charge is -2.14. The summed E-state index contributed by atoms with van der Waals surface area (Å²) < 4.78 is 0. The highest BCUT2D eigenvalue weighted by Crippen LogP contribution is 2.20. The zero-order chi connectivity index (χ0) is 14.5. The summed E-state index contributed by atoms with van der Waals surface area (Å²) in [6.45, 7) is 1.98. The van der Waals surface area contributed by atoms with Gasteiger partial charge >= 0.3 is 0 Å². The average molecular weight is 312 g/mol. The SMILES string of the molecule is CCC(NC(=O)c1cc(Cl)nc(NN)c1)c1nccs1. The second kappa shape index (κ2) is 6.65. The normalized spacial score (nSPS) is 11.9. The molecule has 1 atom stereocenters. The van der Waals surface area contributed by atoms with Crippen LogP contribution in [0.15, 0.2) is 23.7 Å². The Morgan fingerprint density at radius 2 is 2.35 bits per heavy atom. The fourth-order valence-electron chi connectivity index (χ4n) is 1.69. The Balaban J connectivity index is 2.17. The second-order valence-corrected chi connectivity index (χ2v) is 5.33. The van der Waals surface area contributed by atoms with Gasteiger partial charge in [0.05, 0.1) is 6.04 Å². The van der Waals surface area contributed by atoms with Gasteiger partial charge in [0.2, 0.25) is 0 Å². The minimum atomic E-state index is -0.243. The molecule has 106 valence electrons. The van der Waals surface area contributed by atoms with E-state index in [-0.39, 0.29) is 17.1 Å². The molecule has 1 amide bonds. The molecule has 0 fully saturated rings. The molecular weight excluding hydrogens is 298 g/mol. The molecule has 2 rings (SSSR count). The Bertz CT molecular complexity index is 590. The molecule has 0 aliphatic heterocycles. The number of carbonyl (C=O) groups excluding carboxylic acids is 1. The molecule has 2 aromatic heterocycles. The predicted molar refractivity (Wildman–Crippen MR) is 79.7 cm³/mol. The fourth-order valence-corrected chi connectivity index (χ4v) is 2.67. The Hall–Kier alpha value is -1.70. The van der Waals surface area contributed by atoms with Gasteiger partial charge in [0.15, 0.2) is 0 Å². The number of nitrogens with two attached hydrogens (primary N) is 1. The molecular formula is C12H14ClN5OS. The highest BCUT2D eigenvalue weighted by Gasteiger charge is 2.17. The van der Waals surface area contributed by atoms with Gasteiger partial charge in [-0.15, -0.1) is 11.3 Å². The average Bonchev–Trinajstić information content (AvgIpc) is 2.97. The summed E-state index contributed by atoms with van der Waals surface area (Å²) in [6.07, 6.45) is 2.47. The second-order valence-electron chi connectivity index (χ2n) is 4.01. The van der Waals surface area contributed by atoms with Crippen LogP contribution in [-0.2, 0) is 0 Å². The quantitative estimate of drug-likeness (QED) is 0.448. The van der Waals surface area contributed by atoms with Gasteiger partial charge in [-0.1, -0.05) is 18.5 Å². The number of amides is 1. The largest absolute Gasteiger partial charge is 0.343 e. The van der Waals surface area contributed by atoms with Crippen molar-refractivity contribution in [2.24, 2.45) is 5.84 Å². The van der Waals surface area contributed by atoms with Crippen molar-refractivity contribution in [2.75, 3.05) is 5.43 Å². The molecule has 0 bridgehead atoms. The third kappa shape index (κ3) is 3.44. The molecule has 0 aromatic carbocycles. The van der Waals surface area contributed by atoms with E-state index in [0.29, 0.717) is 11.4 Å². The number of pyridine rings is 1. The van der Waals surface area contributed by atoms with E-state index in [1.165, 1.54) is 23.5 Å². The molecule has 2 heterocycles. The highest BCUT2D eigenvalue weighted by molar-refractivity contribution is 7.09. The molecule has 20 heavy (non-hydrogen) atoms. The van der Waals surface area contributed by atoms with E-state index in [9.17, 15) is 4.79 Å². The van der Waals surface area contributed by atoms with Gasteiger partial charge in [-0.2, -0.15) is 0 Å². The van der Waals surface area contributed by atoms with Gasteiger partial charge in [-0.3, -0.25) is 4.79 Å². The van der Waals surface area contributed by atoms with Crippen LogP contribution in [0.3, 0.4) is 0 Å². The highest BCUT2D eigenvalue weighted by atomic mass is 35.5. The van der Waals surface area contributed by atoms with Crippen LogP contribution in [0.5, 0.6) is 0 Å². The van der Waals surface area contributed by atoms with Crippen LogP contribution < -0.4 is 16.6 Å². The van der Waals surface area contributed by atoms with Crippen LogP contribution in [0.2, 0.25) is 5.15 Å². The Kier molecular flexibility index (Phi) is 4.89. The van der Waals surface area contributed by atoms with Crippen molar-refractivity contribution >= 4 is 34.7 Å². The number of hydrogen-bond donors (Lipinski definition) is 3. The standard InChI is InChI=1S/C12H14ClN5OS/c1-2-8(12-15-3-4-20-12)16-11(19)7-5-9(13)17-10(6-7)18-14/h3-6,8H,2,14H2,1H3,(H,16,19)(H,17,18). The van der Waals surface area contributed by atoms with Crippen LogP contribution in [0.4, 0.5) is 5.82 Å². The predicted octanol–water partition coefficient (Wildman–Crippen LogP) is 2.36. The zero-order valence-corrected chi connectivity index (χ0v) is 12.3. The lowest BCUT2D eigenvalue weighted by atomic mass is 10.2. The van der Waals surface area contributed by atoms with Gasteiger partial charge in [0.1, 0.15) is 16.0 Å². The van der Waals surface area contributed by atoms with Crippen LogP contribution >= 0.6 is 22.9 Å². The first-order valence-electron chi connectivity index (χ1n) is 5.98. The molecule has 6 nitrogen and oxygen atoms in total. The number of rotatable bonds is 5. The number of thiazole rings is 1. The zero-order valence-electron chi connectivity index (χ0n) is 10.8. The Morgan fingerprint density at radius 1 is 1.55 bits per heavy atom. The van der Waals surface area contributed by atoms with Crippen molar-refractivity contribution in [2.45, 2.75) is 19.4 Å².